The molecule has 0 bridgehead atoms. The molecule has 7 nitrogen and oxygen atoms in total. The van der Waals surface area contributed by atoms with Crippen LogP contribution in [0.3, 0.4) is 0 Å². The van der Waals surface area contributed by atoms with Crippen LogP contribution >= 0.6 is 0 Å². The first-order valence-corrected chi connectivity index (χ1v) is 11.2. The molecule has 2 aromatic rings. The van der Waals surface area contributed by atoms with E-state index in [1.54, 1.807) is 0 Å². The zero-order valence-corrected chi connectivity index (χ0v) is 16.9. The summed E-state index contributed by atoms with van der Waals surface area (Å²) in [5.41, 5.74) is 2.62. The third-order valence-electron chi connectivity index (χ3n) is 5.38. The van der Waals surface area contributed by atoms with Crippen molar-refractivity contribution < 1.29 is 23.1 Å². The summed E-state index contributed by atoms with van der Waals surface area (Å²) in [7, 11) is -3.64. The van der Waals surface area contributed by atoms with Crippen LogP contribution < -0.4 is 10.1 Å². The predicted molar refractivity (Wildman–Crippen MR) is 109 cm³/mol. The van der Waals surface area contributed by atoms with Gasteiger partial charge in [0, 0.05) is 13.1 Å². The smallest absolute Gasteiger partial charge is 0.262 e. The van der Waals surface area contributed by atoms with Gasteiger partial charge in [-0.1, -0.05) is 6.07 Å². The zero-order chi connectivity index (χ0) is 20.4. The van der Waals surface area contributed by atoms with Crippen molar-refractivity contribution >= 4 is 21.6 Å². The molecule has 1 saturated heterocycles. The van der Waals surface area contributed by atoms with E-state index in [1.807, 2.05) is 18.2 Å². The Morgan fingerprint density at radius 2 is 1.79 bits per heavy atom. The van der Waals surface area contributed by atoms with Gasteiger partial charge in [-0.3, -0.25) is 4.79 Å². The van der Waals surface area contributed by atoms with Crippen molar-refractivity contribution in [2.45, 2.75) is 37.0 Å². The van der Waals surface area contributed by atoms with Crippen LogP contribution in [0, 0.1) is 0 Å². The van der Waals surface area contributed by atoms with Crippen molar-refractivity contribution in [3.63, 3.8) is 0 Å². The van der Waals surface area contributed by atoms with Crippen molar-refractivity contribution in [2.24, 2.45) is 0 Å². The number of sulfonamides is 1. The molecule has 1 aliphatic heterocycles. The maximum Gasteiger partial charge on any atom is 0.262 e. The minimum atomic E-state index is -3.64. The molecule has 0 atom stereocenters. The number of hydrogen-bond acceptors (Lipinski definition) is 5. The number of hydrogen-bond donors (Lipinski definition) is 2. The minimum absolute atomic E-state index is 0.0482. The highest BCUT2D eigenvalue weighted by Gasteiger charge is 2.28. The molecule has 1 heterocycles. The second kappa shape index (κ2) is 8.04. The molecule has 0 spiro atoms. The number of amides is 1. The molecule has 1 fully saturated rings. The van der Waals surface area contributed by atoms with Crippen LogP contribution in [0.15, 0.2) is 41.3 Å². The van der Waals surface area contributed by atoms with Gasteiger partial charge in [0.25, 0.3) is 5.91 Å². The Hall–Kier alpha value is -2.58. The summed E-state index contributed by atoms with van der Waals surface area (Å²) in [5, 5.41) is 12.6. The van der Waals surface area contributed by atoms with E-state index in [2.05, 4.69) is 5.32 Å². The number of phenols is 1. The maximum absolute atomic E-state index is 12.7. The van der Waals surface area contributed by atoms with Crippen molar-refractivity contribution in [1.82, 2.24) is 4.31 Å². The summed E-state index contributed by atoms with van der Waals surface area (Å²) in [6.07, 6.45) is 4.90. The SMILES string of the molecule is O=C(COc1ccc2c(c1)CCC2)Nc1cc(S(=O)(=O)N2CCCC2)ccc1O. The fourth-order valence-electron chi connectivity index (χ4n) is 3.83. The molecular weight excluding hydrogens is 392 g/mol. The Kier molecular flexibility index (Phi) is 5.47. The number of benzene rings is 2. The average Bonchev–Trinajstić information content (AvgIpc) is 3.39. The molecule has 2 aromatic carbocycles. The molecule has 0 aromatic heterocycles. The first-order chi connectivity index (χ1) is 13.9. The second-order valence-corrected chi connectivity index (χ2v) is 9.35. The Balaban J connectivity index is 1.42. The van der Waals surface area contributed by atoms with Crippen LogP contribution in [0.25, 0.3) is 0 Å². The Morgan fingerprint density at radius 1 is 1.03 bits per heavy atom. The highest BCUT2D eigenvalue weighted by molar-refractivity contribution is 7.89. The van der Waals surface area contributed by atoms with Gasteiger partial charge < -0.3 is 15.2 Å². The summed E-state index contributed by atoms with van der Waals surface area (Å²) < 4.78 is 32.4. The van der Waals surface area contributed by atoms with E-state index in [1.165, 1.54) is 33.6 Å². The predicted octanol–water partition coefficient (Wildman–Crippen LogP) is 2.68. The topological polar surface area (TPSA) is 95.9 Å². The molecule has 4 rings (SSSR count). The van der Waals surface area contributed by atoms with Gasteiger partial charge in [-0.15, -0.1) is 0 Å². The molecular formula is C21H24N2O5S. The number of phenolic OH excluding ortho intramolecular Hbond substituents is 1. The van der Waals surface area contributed by atoms with Gasteiger partial charge >= 0.3 is 0 Å². The van der Waals surface area contributed by atoms with Crippen molar-refractivity contribution in [3.8, 4) is 11.5 Å². The van der Waals surface area contributed by atoms with Crippen LogP contribution in [0.2, 0.25) is 0 Å². The lowest BCUT2D eigenvalue weighted by atomic mass is 10.1. The van der Waals surface area contributed by atoms with E-state index in [9.17, 15) is 18.3 Å². The number of anilines is 1. The fraction of sp³-hybridized carbons (Fsp3) is 0.381. The molecule has 2 aliphatic rings. The Morgan fingerprint density at radius 3 is 2.59 bits per heavy atom. The molecule has 29 heavy (non-hydrogen) atoms. The van der Waals surface area contributed by atoms with E-state index in [0.29, 0.717) is 18.8 Å². The molecule has 1 amide bonds. The van der Waals surface area contributed by atoms with Gasteiger partial charge in [0.15, 0.2) is 6.61 Å². The van der Waals surface area contributed by atoms with Gasteiger partial charge in [0.1, 0.15) is 11.5 Å². The Labute approximate surface area is 170 Å². The number of fused-ring (bicyclic) bond motifs is 1. The lowest BCUT2D eigenvalue weighted by molar-refractivity contribution is -0.118. The first kappa shape index (κ1) is 19.7. The lowest BCUT2D eigenvalue weighted by Gasteiger charge is -2.17. The molecule has 2 N–H and O–H groups in total. The van der Waals surface area contributed by atoms with E-state index in [-0.39, 0.29) is 22.9 Å². The fourth-order valence-corrected chi connectivity index (χ4v) is 5.37. The molecule has 8 heteroatoms. The summed E-state index contributed by atoms with van der Waals surface area (Å²) >= 11 is 0. The van der Waals surface area contributed by atoms with E-state index in [4.69, 9.17) is 4.74 Å². The highest BCUT2D eigenvalue weighted by Crippen LogP contribution is 2.29. The first-order valence-electron chi connectivity index (χ1n) is 9.81. The highest BCUT2D eigenvalue weighted by atomic mass is 32.2. The molecule has 1 aliphatic carbocycles. The van der Waals surface area contributed by atoms with Crippen LogP contribution in [0.4, 0.5) is 5.69 Å². The van der Waals surface area contributed by atoms with Crippen LogP contribution in [0.5, 0.6) is 11.5 Å². The minimum Gasteiger partial charge on any atom is -0.506 e. The number of carbonyl (C=O) groups excluding carboxylic acids is 1. The van der Waals surface area contributed by atoms with Crippen LogP contribution in [0.1, 0.15) is 30.4 Å². The molecule has 0 unspecified atom stereocenters. The standard InChI is InChI=1S/C21H24N2O5S/c24-20-9-8-18(29(26,27)23-10-1-2-11-23)13-19(20)22-21(25)14-28-17-7-6-15-4-3-5-16(15)12-17/h6-9,12-13,24H,1-5,10-11,14H2,(H,22,25). The quantitative estimate of drug-likeness (QED) is 0.706. The number of carbonyl (C=O) groups is 1. The zero-order valence-electron chi connectivity index (χ0n) is 16.1. The number of nitrogens with zero attached hydrogens (tertiary/aromatic N) is 1. The van der Waals surface area contributed by atoms with Crippen molar-refractivity contribution in [3.05, 3.63) is 47.5 Å². The van der Waals surface area contributed by atoms with Gasteiger partial charge in [-0.2, -0.15) is 4.31 Å². The Bertz CT molecular complexity index is 1030. The van der Waals surface area contributed by atoms with Crippen LogP contribution in [-0.2, 0) is 27.7 Å². The number of aromatic hydroxyl groups is 1. The normalized spacial score (nSPS) is 16.6. The van der Waals surface area contributed by atoms with Crippen molar-refractivity contribution in [2.75, 3.05) is 25.0 Å². The summed E-state index contributed by atoms with van der Waals surface area (Å²) in [4.78, 5) is 12.3. The monoisotopic (exact) mass is 416 g/mol. The summed E-state index contributed by atoms with van der Waals surface area (Å²) in [5.74, 6) is -0.0526. The average molecular weight is 416 g/mol. The van der Waals surface area contributed by atoms with Crippen LogP contribution in [-0.4, -0.2) is 43.4 Å². The summed E-state index contributed by atoms with van der Waals surface area (Å²) in [6, 6.07) is 9.73. The third-order valence-corrected chi connectivity index (χ3v) is 7.28. The molecule has 0 saturated carbocycles. The van der Waals surface area contributed by atoms with Gasteiger partial charge in [-0.05, 0) is 73.6 Å². The summed E-state index contributed by atoms with van der Waals surface area (Å²) in [6.45, 7) is 0.736. The van der Waals surface area contributed by atoms with E-state index < -0.39 is 15.9 Å². The molecule has 154 valence electrons. The second-order valence-electron chi connectivity index (χ2n) is 7.41. The molecule has 0 radical (unpaired) electrons. The number of ether oxygens (including phenoxy) is 1. The van der Waals surface area contributed by atoms with Crippen molar-refractivity contribution in [1.29, 1.82) is 0 Å². The number of aryl methyl sites for hydroxylation is 2. The third kappa shape index (κ3) is 4.23. The number of rotatable bonds is 6. The maximum atomic E-state index is 12.7. The van der Waals surface area contributed by atoms with E-state index >= 15 is 0 Å². The number of nitrogens with one attached hydrogen (secondary N) is 1. The van der Waals surface area contributed by atoms with E-state index in [0.717, 1.165) is 32.1 Å². The van der Waals surface area contributed by atoms with Gasteiger partial charge in [-0.25, -0.2) is 8.42 Å². The lowest BCUT2D eigenvalue weighted by Crippen LogP contribution is -2.28. The van der Waals surface area contributed by atoms with Gasteiger partial charge in [0.05, 0.1) is 10.6 Å². The van der Waals surface area contributed by atoms with Gasteiger partial charge in [0.2, 0.25) is 10.0 Å². The largest absolute Gasteiger partial charge is 0.506 e.